The van der Waals surface area contributed by atoms with Gasteiger partial charge in [-0.2, -0.15) is 0 Å². The molecule has 8 nitrogen and oxygen atoms in total. The van der Waals surface area contributed by atoms with Gasteiger partial charge in [0.2, 0.25) is 0 Å². The summed E-state index contributed by atoms with van der Waals surface area (Å²) in [4.78, 5) is 36.1. The molecule has 8 heteroatoms. The van der Waals surface area contributed by atoms with Crippen LogP contribution >= 0.6 is 0 Å². The van der Waals surface area contributed by atoms with Gasteiger partial charge in [0.05, 0.1) is 12.0 Å². The van der Waals surface area contributed by atoms with Crippen molar-refractivity contribution in [2.75, 3.05) is 0 Å². The Hall–Kier alpha value is -2.48. The average molecular weight is 418 g/mol. The van der Waals surface area contributed by atoms with Gasteiger partial charge in [-0.3, -0.25) is 14.6 Å². The van der Waals surface area contributed by atoms with Crippen molar-refractivity contribution < 1.29 is 29.7 Å². The van der Waals surface area contributed by atoms with E-state index in [0.717, 1.165) is 18.8 Å². The second-order valence-corrected chi connectivity index (χ2v) is 10.1. The van der Waals surface area contributed by atoms with Gasteiger partial charge in [0.1, 0.15) is 0 Å². The third-order valence-corrected chi connectivity index (χ3v) is 6.58. The number of nitrogens with zero attached hydrogens (tertiary/aromatic N) is 1. The molecule has 30 heavy (non-hydrogen) atoms. The van der Waals surface area contributed by atoms with Crippen LogP contribution in [0.2, 0.25) is 0 Å². The zero-order chi connectivity index (χ0) is 22.2. The Morgan fingerprint density at radius 1 is 1.13 bits per heavy atom. The smallest absolute Gasteiger partial charge is 0.333 e. The molecular weight excluding hydrogens is 388 g/mol. The van der Waals surface area contributed by atoms with Gasteiger partial charge in [-0.05, 0) is 67.4 Å². The summed E-state index contributed by atoms with van der Waals surface area (Å²) >= 11 is 0. The van der Waals surface area contributed by atoms with Gasteiger partial charge in [0, 0.05) is 17.9 Å². The minimum Gasteiger partial charge on any atom is -0.481 e. The lowest BCUT2D eigenvalue weighted by Crippen LogP contribution is -2.65. The maximum atomic E-state index is 12.6. The molecule has 0 spiro atoms. The number of hydrogen-bond donors (Lipinski definition) is 4. The van der Waals surface area contributed by atoms with E-state index in [9.17, 15) is 14.4 Å². The third kappa shape index (κ3) is 4.98. The molecule has 3 unspecified atom stereocenters. The summed E-state index contributed by atoms with van der Waals surface area (Å²) in [5, 5.41) is 27.6. The van der Waals surface area contributed by atoms with E-state index in [4.69, 9.17) is 15.3 Å². The van der Waals surface area contributed by atoms with Crippen molar-refractivity contribution in [1.82, 2.24) is 10.3 Å². The maximum Gasteiger partial charge on any atom is 0.333 e. The first-order valence-electron chi connectivity index (χ1n) is 10.3. The SMILES string of the molecule is CC12CC3CC(C)(C1)CC(NC(=O)c1cccnc1)(C3)C2.O=C(O)CC(O)C(=O)O. The number of hydrogen-bond acceptors (Lipinski definition) is 5. The van der Waals surface area contributed by atoms with Crippen LogP contribution in [0.15, 0.2) is 24.5 Å². The summed E-state index contributed by atoms with van der Waals surface area (Å²) in [6, 6.07) is 3.68. The quantitative estimate of drug-likeness (QED) is 0.576. The van der Waals surface area contributed by atoms with Gasteiger partial charge >= 0.3 is 11.9 Å². The van der Waals surface area contributed by atoms with Crippen LogP contribution in [0.25, 0.3) is 0 Å². The van der Waals surface area contributed by atoms with Crippen molar-refractivity contribution in [2.45, 2.75) is 70.4 Å². The number of aliphatic carboxylic acids is 2. The molecule has 0 saturated heterocycles. The Bertz CT molecular complexity index is 808. The summed E-state index contributed by atoms with van der Waals surface area (Å²) in [5.41, 5.74) is 1.56. The Kier molecular flexibility index (Phi) is 5.91. The number of carboxylic acid groups (broad SMARTS) is 2. The van der Waals surface area contributed by atoms with Crippen LogP contribution < -0.4 is 5.32 Å². The fourth-order valence-corrected chi connectivity index (χ4v) is 6.65. The van der Waals surface area contributed by atoms with Crippen molar-refractivity contribution in [3.05, 3.63) is 30.1 Å². The number of aromatic nitrogens is 1. The number of nitrogens with one attached hydrogen (secondary N) is 1. The van der Waals surface area contributed by atoms with Crippen molar-refractivity contribution in [2.24, 2.45) is 16.7 Å². The van der Waals surface area contributed by atoms with Gasteiger partial charge in [-0.25, -0.2) is 4.79 Å². The van der Waals surface area contributed by atoms with Crippen molar-refractivity contribution >= 4 is 17.8 Å². The van der Waals surface area contributed by atoms with Crippen LogP contribution in [-0.4, -0.2) is 49.8 Å². The molecule has 3 atom stereocenters. The molecule has 4 saturated carbocycles. The Balaban J connectivity index is 0.000000244. The second-order valence-electron chi connectivity index (χ2n) is 10.1. The van der Waals surface area contributed by atoms with Crippen LogP contribution in [0.4, 0.5) is 0 Å². The lowest BCUT2D eigenvalue weighted by molar-refractivity contribution is -0.152. The number of amides is 1. The van der Waals surface area contributed by atoms with E-state index >= 15 is 0 Å². The summed E-state index contributed by atoms with van der Waals surface area (Å²) in [7, 11) is 0. The lowest BCUT2D eigenvalue weighted by atomic mass is 9.43. The highest BCUT2D eigenvalue weighted by atomic mass is 16.4. The van der Waals surface area contributed by atoms with Crippen molar-refractivity contribution in [3.8, 4) is 0 Å². The number of carbonyl (C=O) groups excluding carboxylic acids is 1. The first kappa shape index (κ1) is 22.2. The fourth-order valence-electron chi connectivity index (χ4n) is 6.65. The number of aliphatic hydroxyl groups excluding tert-OH is 1. The predicted molar refractivity (Wildman–Crippen MR) is 108 cm³/mol. The molecule has 4 fully saturated rings. The molecule has 0 aliphatic heterocycles. The number of aliphatic hydroxyl groups is 1. The standard InChI is InChI=1S/C18H24N2O.C4H6O5/c1-16-6-13-7-17(2,10-16)12-18(8-13,11-16)20-15(21)14-4-3-5-19-9-14;5-2(4(8)9)1-3(6)7/h3-5,9,13H,6-8,10-12H2,1-2H3,(H,20,21);2,5H,1H2,(H,6,7)(H,8,9). The molecule has 1 aromatic rings. The lowest BCUT2D eigenvalue weighted by Gasteiger charge is -2.65. The maximum absolute atomic E-state index is 12.6. The van der Waals surface area contributed by atoms with E-state index < -0.39 is 24.5 Å². The summed E-state index contributed by atoms with van der Waals surface area (Å²) in [5.74, 6) is -2.00. The molecule has 4 bridgehead atoms. The average Bonchev–Trinajstić information content (AvgIpc) is 2.58. The van der Waals surface area contributed by atoms with E-state index in [1.54, 1.807) is 12.4 Å². The monoisotopic (exact) mass is 418 g/mol. The Morgan fingerprint density at radius 3 is 2.20 bits per heavy atom. The minimum absolute atomic E-state index is 0.0237. The number of pyridine rings is 1. The summed E-state index contributed by atoms with van der Waals surface area (Å²) in [6.45, 7) is 4.86. The molecular formula is C22H30N2O6. The minimum atomic E-state index is -1.79. The third-order valence-electron chi connectivity index (χ3n) is 6.58. The van der Waals surface area contributed by atoms with Gasteiger partial charge in [0.15, 0.2) is 6.10 Å². The zero-order valence-electron chi connectivity index (χ0n) is 17.4. The van der Waals surface area contributed by atoms with E-state index in [1.807, 2.05) is 12.1 Å². The highest BCUT2D eigenvalue weighted by Crippen LogP contribution is 2.66. The number of rotatable bonds is 5. The number of carbonyl (C=O) groups is 3. The highest BCUT2D eigenvalue weighted by molar-refractivity contribution is 5.94. The molecule has 1 amide bonds. The largest absolute Gasteiger partial charge is 0.481 e. The second kappa shape index (κ2) is 7.98. The van der Waals surface area contributed by atoms with Gasteiger partial charge in [0.25, 0.3) is 5.91 Å². The summed E-state index contributed by atoms with van der Waals surface area (Å²) in [6.07, 6.45) is 8.35. The highest BCUT2D eigenvalue weighted by Gasteiger charge is 2.60. The predicted octanol–water partition coefficient (Wildman–Crippen LogP) is 2.47. The molecule has 0 radical (unpaired) electrons. The molecule has 1 aromatic heterocycles. The Morgan fingerprint density at radius 2 is 1.77 bits per heavy atom. The zero-order valence-corrected chi connectivity index (χ0v) is 17.4. The van der Waals surface area contributed by atoms with E-state index in [1.165, 1.54) is 25.7 Å². The van der Waals surface area contributed by atoms with Crippen LogP contribution in [0.5, 0.6) is 0 Å². The fraction of sp³-hybridized carbons (Fsp3) is 0.636. The normalized spacial score (nSPS) is 34.4. The van der Waals surface area contributed by atoms with E-state index in [-0.39, 0.29) is 11.4 Å². The van der Waals surface area contributed by atoms with Gasteiger partial charge < -0.3 is 20.6 Å². The summed E-state index contributed by atoms with van der Waals surface area (Å²) < 4.78 is 0. The van der Waals surface area contributed by atoms with Crippen molar-refractivity contribution in [1.29, 1.82) is 0 Å². The van der Waals surface area contributed by atoms with Gasteiger partial charge in [-0.15, -0.1) is 0 Å². The molecule has 4 aliphatic rings. The van der Waals surface area contributed by atoms with Gasteiger partial charge in [-0.1, -0.05) is 13.8 Å². The van der Waals surface area contributed by atoms with Crippen LogP contribution in [0.3, 0.4) is 0 Å². The molecule has 4 aliphatic carbocycles. The molecule has 4 N–H and O–H groups in total. The molecule has 0 aromatic carbocycles. The molecule has 1 heterocycles. The molecule has 164 valence electrons. The van der Waals surface area contributed by atoms with Crippen LogP contribution in [0, 0.1) is 16.7 Å². The Labute approximate surface area is 175 Å². The van der Waals surface area contributed by atoms with E-state index in [2.05, 4.69) is 24.1 Å². The van der Waals surface area contributed by atoms with Crippen LogP contribution in [0.1, 0.15) is 69.2 Å². The topological polar surface area (TPSA) is 137 Å². The van der Waals surface area contributed by atoms with E-state index in [0.29, 0.717) is 16.4 Å². The first-order chi connectivity index (χ1) is 13.9. The first-order valence-corrected chi connectivity index (χ1v) is 10.3. The molecule has 5 rings (SSSR count). The number of carboxylic acids is 2. The van der Waals surface area contributed by atoms with Crippen LogP contribution in [-0.2, 0) is 9.59 Å². The van der Waals surface area contributed by atoms with Crippen molar-refractivity contribution in [3.63, 3.8) is 0 Å².